The van der Waals surface area contributed by atoms with Gasteiger partial charge in [-0.25, -0.2) is 0 Å². The van der Waals surface area contributed by atoms with Crippen LogP contribution >= 0.6 is 0 Å². The molecule has 1 nitrogen and oxygen atoms in total. The van der Waals surface area contributed by atoms with Crippen molar-refractivity contribution in [2.24, 2.45) is 29.6 Å². The molecule has 1 aromatic rings. The summed E-state index contributed by atoms with van der Waals surface area (Å²) in [5.74, 6) is 3.94. The number of aliphatic hydroxyl groups is 1. The standard InChI is InChI=1S/C18H24O/c19-18-15-9-13-8-14(11-15)16(17(18)10-13)7-6-12-4-2-1-3-5-12/h1-5,13-19H,6-11H2/t13?,14-,15+,16+,17-,18-/m1/s1. The summed E-state index contributed by atoms with van der Waals surface area (Å²) < 4.78 is 0. The van der Waals surface area contributed by atoms with Gasteiger partial charge in [-0.05, 0) is 73.7 Å². The van der Waals surface area contributed by atoms with Crippen molar-refractivity contribution in [1.29, 1.82) is 0 Å². The third-order valence-electron chi connectivity index (χ3n) is 6.17. The highest BCUT2D eigenvalue weighted by atomic mass is 16.3. The van der Waals surface area contributed by atoms with Crippen molar-refractivity contribution >= 4 is 0 Å². The van der Waals surface area contributed by atoms with E-state index in [9.17, 15) is 5.11 Å². The maximum Gasteiger partial charge on any atom is 0.0599 e. The molecule has 19 heavy (non-hydrogen) atoms. The van der Waals surface area contributed by atoms with Crippen LogP contribution in [0.3, 0.4) is 0 Å². The second-order valence-electron chi connectivity index (χ2n) is 7.17. The minimum Gasteiger partial charge on any atom is -0.393 e. The number of aryl methyl sites for hydroxylation is 1. The lowest BCUT2D eigenvalue weighted by atomic mass is 9.50. The van der Waals surface area contributed by atoms with Crippen molar-refractivity contribution in [2.45, 2.75) is 44.6 Å². The minimum absolute atomic E-state index is 0.0218. The first kappa shape index (κ1) is 12.0. The largest absolute Gasteiger partial charge is 0.393 e. The van der Waals surface area contributed by atoms with Gasteiger partial charge in [0.2, 0.25) is 0 Å². The van der Waals surface area contributed by atoms with Gasteiger partial charge < -0.3 is 5.11 Å². The zero-order chi connectivity index (χ0) is 12.8. The summed E-state index contributed by atoms with van der Waals surface area (Å²) in [5, 5.41) is 10.5. The zero-order valence-electron chi connectivity index (χ0n) is 11.5. The Hall–Kier alpha value is -0.820. The minimum atomic E-state index is 0.0218. The Labute approximate surface area is 116 Å². The molecule has 0 aliphatic heterocycles. The van der Waals surface area contributed by atoms with Gasteiger partial charge in [0.05, 0.1) is 6.10 Å². The Morgan fingerprint density at radius 1 is 0.947 bits per heavy atom. The van der Waals surface area contributed by atoms with Crippen LogP contribution in [0.5, 0.6) is 0 Å². The lowest BCUT2D eigenvalue weighted by Crippen LogP contribution is -2.53. The predicted octanol–water partition coefficient (Wildman–Crippen LogP) is 3.66. The van der Waals surface area contributed by atoms with E-state index in [1.54, 1.807) is 0 Å². The molecule has 4 saturated carbocycles. The van der Waals surface area contributed by atoms with Crippen molar-refractivity contribution in [3.05, 3.63) is 35.9 Å². The molecular weight excluding hydrogens is 232 g/mol. The average Bonchev–Trinajstić information content (AvgIpc) is 2.44. The Morgan fingerprint density at radius 2 is 1.74 bits per heavy atom. The van der Waals surface area contributed by atoms with E-state index in [0.717, 1.165) is 17.8 Å². The molecule has 0 spiro atoms. The molecule has 6 atom stereocenters. The van der Waals surface area contributed by atoms with E-state index in [4.69, 9.17) is 0 Å². The van der Waals surface area contributed by atoms with Crippen LogP contribution in [0.25, 0.3) is 0 Å². The molecule has 1 N–H and O–H groups in total. The van der Waals surface area contributed by atoms with Gasteiger partial charge in [-0.3, -0.25) is 0 Å². The number of hydrogen-bond donors (Lipinski definition) is 1. The van der Waals surface area contributed by atoms with Crippen molar-refractivity contribution in [1.82, 2.24) is 0 Å². The molecule has 0 aromatic heterocycles. The third kappa shape index (κ3) is 2.03. The number of benzene rings is 1. The molecule has 0 amide bonds. The fourth-order valence-corrected chi connectivity index (χ4v) is 5.43. The molecule has 4 aliphatic carbocycles. The zero-order valence-corrected chi connectivity index (χ0v) is 11.5. The van der Waals surface area contributed by atoms with E-state index in [0.29, 0.717) is 11.8 Å². The van der Waals surface area contributed by atoms with Crippen molar-refractivity contribution in [3.63, 3.8) is 0 Å². The van der Waals surface area contributed by atoms with Gasteiger partial charge in [-0.2, -0.15) is 0 Å². The fourth-order valence-electron chi connectivity index (χ4n) is 5.43. The third-order valence-corrected chi connectivity index (χ3v) is 6.17. The second-order valence-corrected chi connectivity index (χ2v) is 7.17. The van der Waals surface area contributed by atoms with Crippen molar-refractivity contribution < 1.29 is 5.11 Å². The lowest BCUT2D eigenvalue weighted by molar-refractivity contribution is -0.131. The molecule has 4 fully saturated rings. The lowest BCUT2D eigenvalue weighted by Gasteiger charge is -2.57. The average molecular weight is 256 g/mol. The van der Waals surface area contributed by atoms with Crippen LogP contribution in [0.2, 0.25) is 0 Å². The molecule has 1 heteroatoms. The first-order valence-electron chi connectivity index (χ1n) is 8.03. The number of hydrogen-bond acceptors (Lipinski definition) is 1. The van der Waals surface area contributed by atoms with Gasteiger partial charge in [0.15, 0.2) is 0 Å². The van der Waals surface area contributed by atoms with Crippen molar-refractivity contribution in [2.75, 3.05) is 0 Å². The summed E-state index contributed by atoms with van der Waals surface area (Å²) >= 11 is 0. The summed E-state index contributed by atoms with van der Waals surface area (Å²) in [7, 11) is 0. The summed E-state index contributed by atoms with van der Waals surface area (Å²) in [5.41, 5.74) is 1.46. The summed E-state index contributed by atoms with van der Waals surface area (Å²) in [6.45, 7) is 0. The topological polar surface area (TPSA) is 20.2 Å². The Morgan fingerprint density at radius 3 is 2.58 bits per heavy atom. The van der Waals surface area contributed by atoms with Crippen LogP contribution in [0.1, 0.15) is 37.7 Å². The molecule has 4 bridgehead atoms. The Kier molecular flexibility index (Phi) is 2.91. The molecule has 0 radical (unpaired) electrons. The number of aliphatic hydroxyl groups excluding tert-OH is 1. The molecule has 102 valence electrons. The smallest absolute Gasteiger partial charge is 0.0599 e. The predicted molar refractivity (Wildman–Crippen MR) is 76.7 cm³/mol. The SMILES string of the molecule is O[C@@H]1[C@H]2CC3C[C@H](C2)[C@H](CCc2ccccc2)[C@H]1C3. The van der Waals surface area contributed by atoms with Gasteiger partial charge in [-0.15, -0.1) is 0 Å². The van der Waals surface area contributed by atoms with E-state index < -0.39 is 0 Å². The second kappa shape index (κ2) is 4.63. The van der Waals surface area contributed by atoms with E-state index in [2.05, 4.69) is 30.3 Å². The normalized spacial score (nSPS) is 43.6. The molecule has 1 aromatic carbocycles. The van der Waals surface area contributed by atoms with E-state index in [1.807, 2.05) is 0 Å². The van der Waals surface area contributed by atoms with E-state index in [-0.39, 0.29) is 6.10 Å². The van der Waals surface area contributed by atoms with E-state index in [1.165, 1.54) is 44.1 Å². The van der Waals surface area contributed by atoms with Gasteiger partial charge >= 0.3 is 0 Å². The van der Waals surface area contributed by atoms with E-state index >= 15 is 0 Å². The monoisotopic (exact) mass is 256 g/mol. The van der Waals surface area contributed by atoms with Gasteiger partial charge in [0, 0.05) is 0 Å². The molecular formula is C18H24O. The molecule has 1 unspecified atom stereocenters. The summed E-state index contributed by atoms with van der Waals surface area (Å²) in [6, 6.07) is 10.9. The maximum atomic E-state index is 10.5. The highest BCUT2D eigenvalue weighted by molar-refractivity contribution is 5.15. The summed E-state index contributed by atoms with van der Waals surface area (Å²) in [4.78, 5) is 0. The van der Waals surface area contributed by atoms with Gasteiger partial charge in [-0.1, -0.05) is 30.3 Å². The first-order chi connectivity index (χ1) is 9.31. The Balaban J connectivity index is 1.47. The van der Waals surface area contributed by atoms with Gasteiger partial charge in [0.1, 0.15) is 0 Å². The summed E-state index contributed by atoms with van der Waals surface area (Å²) in [6.07, 6.45) is 7.91. The Bertz CT molecular complexity index is 440. The van der Waals surface area contributed by atoms with Crippen LogP contribution in [0.4, 0.5) is 0 Å². The number of rotatable bonds is 3. The quantitative estimate of drug-likeness (QED) is 0.875. The molecule has 0 saturated heterocycles. The highest BCUT2D eigenvalue weighted by Gasteiger charge is 2.52. The van der Waals surface area contributed by atoms with Crippen LogP contribution in [-0.4, -0.2) is 11.2 Å². The highest BCUT2D eigenvalue weighted by Crippen LogP contribution is 2.57. The van der Waals surface area contributed by atoms with Crippen molar-refractivity contribution in [3.8, 4) is 0 Å². The molecule has 4 aliphatic rings. The van der Waals surface area contributed by atoms with Crippen LogP contribution in [-0.2, 0) is 6.42 Å². The van der Waals surface area contributed by atoms with Crippen LogP contribution in [0, 0.1) is 29.6 Å². The molecule has 5 rings (SSSR count). The maximum absolute atomic E-state index is 10.5. The van der Waals surface area contributed by atoms with Crippen LogP contribution in [0.15, 0.2) is 30.3 Å². The molecule has 0 heterocycles. The van der Waals surface area contributed by atoms with Crippen LogP contribution < -0.4 is 0 Å². The fraction of sp³-hybridized carbons (Fsp3) is 0.667. The first-order valence-corrected chi connectivity index (χ1v) is 8.03. The van der Waals surface area contributed by atoms with Gasteiger partial charge in [0.25, 0.3) is 0 Å².